The van der Waals surface area contributed by atoms with Crippen LogP contribution in [-0.4, -0.2) is 58.7 Å². The Hall–Kier alpha value is -3.16. The molecule has 0 bridgehead atoms. The van der Waals surface area contributed by atoms with Crippen molar-refractivity contribution in [1.82, 2.24) is 20.0 Å². The highest BCUT2D eigenvalue weighted by Crippen LogP contribution is 2.18. The van der Waals surface area contributed by atoms with E-state index in [-0.39, 0.29) is 12.5 Å². The highest BCUT2D eigenvalue weighted by molar-refractivity contribution is 5.94. The molecular weight excluding hydrogens is 360 g/mol. The Kier molecular flexibility index (Phi) is 7.31. The molecule has 0 spiro atoms. The van der Waals surface area contributed by atoms with Crippen molar-refractivity contribution in [3.05, 3.63) is 47.3 Å². The molecule has 0 unspecified atom stereocenters. The van der Waals surface area contributed by atoms with Crippen molar-refractivity contribution in [2.24, 2.45) is 0 Å². The number of hydrogen-bond donors (Lipinski definition) is 1. The Morgan fingerprint density at radius 3 is 2.43 bits per heavy atom. The van der Waals surface area contributed by atoms with Crippen LogP contribution in [0, 0.1) is 13.8 Å². The van der Waals surface area contributed by atoms with Crippen LogP contribution in [0.1, 0.15) is 35.6 Å². The fourth-order valence-corrected chi connectivity index (χ4v) is 2.85. The number of rotatable bonds is 8. The summed E-state index contributed by atoms with van der Waals surface area (Å²) in [6, 6.07) is 9.44. The van der Waals surface area contributed by atoms with E-state index in [0.717, 1.165) is 5.69 Å². The van der Waals surface area contributed by atoms with Crippen molar-refractivity contribution in [3.8, 4) is 5.69 Å². The number of benzene rings is 1. The van der Waals surface area contributed by atoms with Crippen molar-refractivity contribution in [2.45, 2.75) is 27.7 Å². The van der Waals surface area contributed by atoms with Gasteiger partial charge in [-0.3, -0.25) is 9.59 Å². The molecule has 0 saturated carbocycles. The number of carbonyl (C=O) groups excluding carboxylic acids is 3. The van der Waals surface area contributed by atoms with E-state index in [2.05, 4.69) is 10.4 Å². The molecule has 0 radical (unpaired) electrons. The smallest absolute Gasteiger partial charge is 0.342 e. The molecule has 150 valence electrons. The third kappa shape index (κ3) is 4.97. The van der Waals surface area contributed by atoms with Gasteiger partial charge in [-0.05, 0) is 39.8 Å². The van der Waals surface area contributed by atoms with E-state index in [9.17, 15) is 14.4 Å². The van der Waals surface area contributed by atoms with Gasteiger partial charge in [0.2, 0.25) is 5.91 Å². The van der Waals surface area contributed by atoms with Crippen LogP contribution in [0.15, 0.2) is 30.3 Å². The van der Waals surface area contributed by atoms with E-state index in [0.29, 0.717) is 30.0 Å². The molecule has 0 saturated heterocycles. The molecular formula is C20H26N4O4. The number of para-hydroxylation sites is 1. The van der Waals surface area contributed by atoms with Gasteiger partial charge in [-0.2, -0.15) is 5.10 Å². The number of aromatic nitrogens is 2. The third-order valence-corrected chi connectivity index (χ3v) is 4.27. The number of likely N-dealkylation sites (N-methyl/N-ethyl adjacent to an activating group) is 2. The fraction of sp³-hybridized carbons (Fsp3) is 0.400. The predicted molar refractivity (Wildman–Crippen MR) is 104 cm³/mol. The van der Waals surface area contributed by atoms with Gasteiger partial charge in [-0.15, -0.1) is 0 Å². The Labute approximate surface area is 164 Å². The molecule has 0 aliphatic heterocycles. The lowest BCUT2D eigenvalue weighted by Crippen LogP contribution is -2.42. The molecule has 2 aromatic rings. The first-order chi connectivity index (χ1) is 13.4. The Morgan fingerprint density at radius 2 is 1.82 bits per heavy atom. The number of aryl methyl sites for hydroxylation is 1. The van der Waals surface area contributed by atoms with Gasteiger partial charge in [0, 0.05) is 13.1 Å². The number of esters is 1. The minimum atomic E-state index is -0.611. The second-order valence-electron chi connectivity index (χ2n) is 6.23. The van der Waals surface area contributed by atoms with Crippen LogP contribution in [0.2, 0.25) is 0 Å². The molecule has 2 rings (SSSR count). The summed E-state index contributed by atoms with van der Waals surface area (Å²) in [6.07, 6.45) is 0. The van der Waals surface area contributed by atoms with Crippen molar-refractivity contribution in [3.63, 3.8) is 0 Å². The molecule has 28 heavy (non-hydrogen) atoms. The summed E-state index contributed by atoms with van der Waals surface area (Å²) in [5, 5.41) is 7.04. The van der Waals surface area contributed by atoms with Gasteiger partial charge in [0.25, 0.3) is 5.91 Å². The quantitative estimate of drug-likeness (QED) is 0.696. The molecule has 0 fully saturated rings. The van der Waals surface area contributed by atoms with Gasteiger partial charge in [-0.25, -0.2) is 9.48 Å². The predicted octanol–water partition coefficient (Wildman–Crippen LogP) is 1.63. The molecule has 0 aliphatic rings. The lowest BCUT2D eigenvalue weighted by molar-refractivity contribution is -0.138. The molecule has 1 aromatic carbocycles. The normalized spacial score (nSPS) is 10.4. The Morgan fingerprint density at radius 1 is 1.14 bits per heavy atom. The fourth-order valence-electron chi connectivity index (χ4n) is 2.85. The maximum atomic E-state index is 12.5. The SMILES string of the molecule is CCNC(=O)CN(CC)C(=O)COC(=O)c1c(C)nn(-c2ccccc2)c1C. The lowest BCUT2D eigenvalue weighted by atomic mass is 10.2. The first-order valence-corrected chi connectivity index (χ1v) is 9.22. The number of nitrogens with zero attached hydrogens (tertiary/aromatic N) is 3. The van der Waals surface area contributed by atoms with E-state index in [1.165, 1.54) is 4.90 Å². The van der Waals surface area contributed by atoms with Crippen molar-refractivity contribution in [1.29, 1.82) is 0 Å². The molecule has 0 aliphatic carbocycles. The summed E-state index contributed by atoms with van der Waals surface area (Å²) in [5.41, 5.74) is 2.32. The van der Waals surface area contributed by atoms with E-state index >= 15 is 0 Å². The molecule has 1 aromatic heterocycles. The van der Waals surface area contributed by atoms with Crippen LogP contribution < -0.4 is 5.32 Å². The average Bonchev–Trinajstić information content (AvgIpc) is 2.99. The summed E-state index contributed by atoms with van der Waals surface area (Å²) in [5.74, 6) is -1.28. The van der Waals surface area contributed by atoms with Gasteiger partial charge in [0.1, 0.15) is 5.56 Å². The summed E-state index contributed by atoms with van der Waals surface area (Å²) in [4.78, 5) is 37.9. The van der Waals surface area contributed by atoms with E-state index < -0.39 is 18.5 Å². The standard InChI is InChI=1S/C20H26N4O4/c1-5-21-17(25)12-23(6-2)18(26)13-28-20(27)19-14(3)22-24(15(19)4)16-10-8-7-9-11-16/h7-11H,5-6,12-13H2,1-4H3,(H,21,25). The minimum Gasteiger partial charge on any atom is -0.452 e. The number of hydrogen-bond acceptors (Lipinski definition) is 5. The molecule has 8 nitrogen and oxygen atoms in total. The average molecular weight is 386 g/mol. The molecule has 8 heteroatoms. The molecule has 1 heterocycles. The zero-order valence-electron chi connectivity index (χ0n) is 16.7. The maximum absolute atomic E-state index is 12.5. The molecule has 2 amide bonds. The van der Waals surface area contributed by atoms with Gasteiger partial charge in [-0.1, -0.05) is 18.2 Å². The zero-order chi connectivity index (χ0) is 20.7. The maximum Gasteiger partial charge on any atom is 0.342 e. The van der Waals surface area contributed by atoms with Gasteiger partial charge in [0.15, 0.2) is 6.61 Å². The largest absolute Gasteiger partial charge is 0.452 e. The third-order valence-electron chi connectivity index (χ3n) is 4.27. The molecule has 1 N–H and O–H groups in total. The van der Waals surface area contributed by atoms with Crippen LogP contribution in [0.5, 0.6) is 0 Å². The lowest BCUT2D eigenvalue weighted by Gasteiger charge is -2.20. The van der Waals surface area contributed by atoms with Gasteiger partial charge >= 0.3 is 5.97 Å². The number of carbonyl (C=O) groups is 3. The topological polar surface area (TPSA) is 93.5 Å². The summed E-state index contributed by atoms with van der Waals surface area (Å²) in [6.45, 7) is 7.40. The van der Waals surface area contributed by atoms with Crippen molar-refractivity contribution in [2.75, 3.05) is 26.2 Å². The monoisotopic (exact) mass is 386 g/mol. The number of amides is 2. The zero-order valence-corrected chi connectivity index (χ0v) is 16.7. The van der Waals surface area contributed by atoms with E-state index in [1.54, 1.807) is 32.4 Å². The summed E-state index contributed by atoms with van der Waals surface area (Å²) in [7, 11) is 0. The molecule has 0 atom stereocenters. The van der Waals surface area contributed by atoms with Crippen molar-refractivity contribution >= 4 is 17.8 Å². The van der Waals surface area contributed by atoms with E-state index in [1.807, 2.05) is 30.3 Å². The van der Waals surface area contributed by atoms with Gasteiger partial charge < -0.3 is 15.0 Å². The van der Waals surface area contributed by atoms with Crippen LogP contribution in [0.3, 0.4) is 0 Å². The Bertz CT molecular complexity index is 845. The van der Waals surface area contributed by atoms with E-state index in [4.69, 9.17) is 4.74 Å². The second kappa shape index (κ2) is 9.68. The van der Waals surface area contributed by atoms with Crippen LogP contribution in [0.25, 0.3) is 5.69 Å². The highest BCUT2D eigenvalue weighted by Gasteiger charge is 2.23. The highest BCUT2D eigenvalue weighted by atomic mass is 16.5. The Balaban J connectivity index is 2.06. The van der Waals surface area contributed by atoms with Crippen molar-refractivity contribution < 1.29 is 19.1 Å². The number of ether oxygens (including phenoxy) is 1. The number of nitrogens with one attached hydrogen (secondary N) is 1. The van der Waals surface area contributed by atoms with Gasteiger partial charge in [0.05, 0.1) is 23.6 Å². The van der Waals surface area contributed by atoms with Crippen LogP contribution in [-0.2, 0) is 14.3 Å². The first kappa shape index (κ1) is 21.1. The minimum absolute atomic E-state index is 0.0648. The van der Waals surface area contributed by atoms with Crippen LogP contribution in [0.4, 0.5) is 0 Å². The van der Waals surface area contributed by atoms with Crippen LogP contribution >= 0.6 is 0 Å². The second-order valence-corrected chi connectivity index (χ2v) is 6.23. The summed E-state index contributed by atoms with van der Waals surface area (Å²) < 4.78 is 6.88. The first-order valence-electron chi connectivity index (χ1n) is 9.22. The summed E-state index contributed by atoms with van der Waals surface area (Å²) >= 11 is 0.